The largest absolute Gasteiger partial charge is 0.508 e. The lowest BCUT2D eigenvalue weighted by Crippen LogP contribution is -2.61. The second-order valence-electron chi connectivity index (χ2n) is 27.0. The number of primary amides is 1. The number of H-pyrrole nitrogens is 2. The van der Waals surface area contributed by atoms with E-state index in [4.69, 9.17) is 5.73 Å². The molecule has 105 heavy (non-hydrogen) atoms. The van der Waals surface area contributed by atoms with Crippen LogP contribution in [0.15, 0.2) is 85.2 Å². The van der Waals surface area contributed by atoms with Crippen LogP contribution in [-0.2, 0) is 81.6 Å². The van der Waals surface area contributed by atoms with Crippen LogP contribution in [0.4, 0.5) is 0 Å². The van der Waals surface area contributed by atoms with E-state index >= 15 is 0 Å². The zero-order valence-corrected chi connectivity index (χ0v) is 60.5. The Morgan fingerprint density at radius 3 is 1.66 bits per heavy atom. The maximum Gasteiger partial charge on any atom is 0.305 e. The summed E-state index contributed by atoms with van der Waals surface area (Å²) in [5.74, 6) is -12.0. The number of para-hydroxylation sites is 2. The normalized spacial score (nSPS) is 14.9. The van der Waals surface area contributed by atoms with Gasteiger partial charge in [-0.05, 0) is 85.4 Å². The molecule has 3 aromatic carbocycles. The molecule has 1 aliphatic rings. The Morgan fingerprint density at radius 1 is 0.543 bits per heavy atom. The van der Waals surface area contributed by atoms with Crippen LogP contribution in [0.1, 0.15) is 166 Å². The SMILES string of the molecule is CCCCCCCCCCCCCC(=O)NCCCC[C@H](NC(=O)[C@H](CC(=O)O)NC(=O)[C@H](CO)NC(=O)[C@@H]1CCCN1C(C)=O)C(=O)N[C@@H](Cc1ccc(O)cc1)C(=O)N[C@H](C(=O)NCC(=O)NCC(=O)N[C@@H](Cc1c[nH]c2ccccc12)C(=O)N[C@@H](Cc1c[nH]c2ccccc12)C(N)=O)[C@@H](C)CC. The van der Waals surface area contributed by atoms with Gasteiger partial charge in [0.25, 0.3) is 0 Å². The van der Waals surface area contributed by atoms with E-state index in [2.05, 4.69) is 70.1 Å². The van der Waals surface area contributed by atoms with E-state index in [-0.39, 0.29) is 69.7 Å². The number of phenols is 1. The molecule has 17 N–H and O–H groups in total. The van der Waals surface area contributed by atoms with Crippen LogP contribution in [0.5, 0.6) is 5.75 Å². The molecule has 6 rings (SSSR count). The highest BCUT2D eigenvalue weighted by Crippen LogP contribution is 2.23. The van der Waals surface area contributed by atoms with Crippen molar-refractivity contribution in [3.8, 4) is 5.75 Å². The van der Waals surface area contributed by atoms with Crippen molar-refractivity contribution in [2.45, 2.75) is 217 Å². The summed E-state index contributed by atoms with van der Waals surface area (Å²) < 4.78 is 0. The standard InChI is InChI=1S/C75H106N14O16/c1-5-7-8-9-10-11-12-13-14-15-16-30-63(93)77-35-22-21-28-56(83-71(101)60(40-66(96)97)86-73(103)61(45-90)87-74(104)62-29-23-36-89(62)47(4)91)69(99)85-58(37-48-31-33-51(92)34-32-48)72(102)88-67(46(3)6-2)75(105)81-43-64(94)80-44-65(95)82-59(39-50-42-79-55-27-20-18-25-53(50)55)70(100)84-57(68(76)98)38-49-41-78-54-26-19-17-24-52(49)54/h17-20,24-27,31-34,41-42,46,56-62,67,78-79,90,92H,5-16,21-23,28-30,35-40,43-45H2,1-4H3,(H2,76,98)(H,77,93)(H,80,94)(H,81,105)(H,82,95)(H,83,101)(H,84,100)(H,85,99)(H,86,103)(H,87,104)(H,88,102)(H,96,97)/t46-,56-,57-,58-,59-,60-,61-,62-,67-/m0/s1. The van der Waals surface area contributed by atoms with Crippen molar-refractivity contribution in [3.63, 3.8) is 0 Å². The third kappa shape index (κ3) is 27.6. The van der Waals surface area contributed by atoms with Gasteiger partial charge in [0.2, 0.25) is 70.9 Å². The van der Waals surface area contributed by atoms with Gasteiger partial charge in [0.05, 0.1) is 26.1 Å². The van der Waals surface area contributed by atoms with Crippen LogP contribution in [0.3, 0.4) is 0 Å². The van der Waals surface area contributed by atoms with Crippen molar-refractivity contribution in [2.24, 2.45) is 11.7 Å². The number of rotatable bonds is 47. The number of amides is 12. The molecule has 12 amide bonds. The number of aliphatic hydroxyl groups excluding tert-OH is 1. The lowest BCUT2D eigenvalue weighted by atomic mass is 9.97. The van der Waals surface area contributed by atoms with Crippen LogP contribution in [0.2, 0.25) is 0 Å². The van der Waals surface area contributed by atoms with E-state index in [0.717, 1.165) is 47.5 Å². The van der Waals surface area contributed by atoms with Crippen LogP contribution >= 0.6 is 0 Å². The summed E-state index contributed by atoms with van der Waals surface area (Å²) in [6.07, 6.45) is 16.0. The first-order chi connectivity index (χ1) is 50.4. The number of nitrogens with one attached hydrogen (secondary N) is 12. The lowest BCUT2D eigenvalue weighted by molar-refractivity contribution is -0.142. The molecule has 5 aromatic rings. The number of nitrogens with two attached hydrogens (primary N) is 1. The van der Waals surface area contributed by atoms with Gasteiger partial charge in [-0.25, -0.2) is 0 Å². The molecule has 30 nitrogen and oxygen atoms in total. The van der Waals surface area contributed by atoms with Crippen LogP contribution in [0, 0.1) is 5.92 Å². The molecule has 0 aliphatic carbocycles. The second kappa shape index (κ2) is 43.7. The van der Waals surface area contributed by atoms with Crippen molar-refractivity contribution in [3.05, 3.63) is 102 Å². The number of aliphatic carboxylic acids is 1. The van der Waals surface area contributed by atoms with Crippen molar-refractivity contribution < 1.29 is 77.6 Å². The first kappa shape index (κ1) is 83.6. The summed E-state index contributed by atoms with van der Waals surface area (Å²) in [4.78, 5) is 184. The maximum atomic E-state index is 14.8. The number of aromatic nitrogens is 2. The third-order valence-corrected chi connectivity index (χ3v) is 18.9. The van der Waals surface area contributed by atoms with E-state index in [0.29, 0.717) is 42.4 Å². The average molecular weight is 1460 g/mol. The molecule has 30 heteroatoms. The van der Waals surface area contributed by atoms with Gasteiger partial charge in [-0.2, -0.15) is 0 Å². The van der Waals surface area contributed by atoms with Crippen molar-refractivity contribution >= 4 is 98.7 Å². The predicted octanol–water partition coefficient (Wildman–Crippen LogP) is 3.01. The number of hydrogen-bond donors (Lipinski definition) is 16. The minimum absolute atomic E-state index is 0.0292. The first-order valence-electron chi connectivity index (χ1n) is 36.6. The monoisotopic (exact) mass is 1460 g/mol. The Hall–Kier alpha value is -10.4. The fourth-order valence-electron chi connectivity index (χ4n) is 12.6. The van der Waals surface area contributed by atoms with Crippen molar-refractivity contribution in [1.29, 1.82) is 0 Å². The average Bonchev–Trinajstić information content (AvgIpc) is 1.70. The number of aromatic amines is 2. The van der Waals surface area contributed by atoms with Gasteiger partial charge in [0, 0.05) is 79.9 Å². The number of fused-ring (bicyclic) bond motifs is 2. The minimum Gasteiger partial charge on any atom is -0.508 e. The number of carboxylic acid groups (broad SMARTS) is 1. The van der Waals surface area contributed by atoms with Gasteiger partial charge < -0.3 is 89.1 Å². The van der Waals surface area contributed by atoms with Gasteiger partial charge in [0.15, 0.2) is 0 Å². The molecule has 3 heterocycles. The number of likely N-dealkylation sites (tertiary alicyclic amines) is 1. The van der Waals surface area contributed by atoms with Crippen molar-refractivity contribution in [1.82, 2.24) is 68.0 Å². The summed E-state index contributed by atoms with van der Waals surface area (Å²) in [7, 11) is 0. The number of carbonyl (C=O) groups excluding carboxylic acids is 12. The molecule has 0 bridgehead atoms. The Kier molecular flexibility index (Phi) is 34.7. The molecule has 1 fully saturated rings. The first-order valence-corrected chi connectivity index (χ1v) is 36.6. The zero-order chi connectivity index (χ0) is 76.4. The minimum atomic E-state index is -1.92. The van der Waals surface area contributed by atoms with Crippen molar-refractivity contribution in [2.75, 3.05) is 32.8 Å². The summed E-state index contributed by atoms with van der Waals surface area (Å²) in [5, 5.41) is 57.6. The number of benzene rings is 3. The van der Waals surface area contributed by atoms with Gasteiger partial charge in [0.1, 0.15) is 54.1 Å². The molecule has 2 aromatic heterocycles. The number of carboxylic acids is 1. The molecular formula is C75H106N14O16. The fraction of sp³-hybridized carbons (Fsp3) is 0.533. The molecule has 0 saturated carbocycles. The van der Waals surface area contributed by atoms with Gasteiger partial charge in [-0.15, -0.1) is 0 Å². The molecule has 1 saturated heterocycles. The summed E-state index contributed by atoms with van der Waals surface area (Å²) in [5.41, 5.74) is 9.16. The molecule has 0 unspecified atom stereocenters. The molecule has 0 radical (unpaired) electrons. The highest BCUT2D eigenvalue weighted by Gasteiger charge is 2.38. The van der Waals surface area contributed by atoms with E-state index < -0.39 is 151 Å². The van der Waals surface area contributed by atoms with Crippen LogP contribution < -0.4 is 58.9 Å². The number of aliphatic hydroxyl groups is 1. The molecular weight excluding hydrogens is 1350 g/mol. The highest BCUT2D eigenvalue weighted by molar-refractivity contribution is 5.99. The van der Waals surface area contributed by atoms with Gasteiger partial charge >= 0.3 is 5.97 Å². The number of aromatic hydroxyl groups is 1. The predicted molar refractivity (Wildman–Crippen MR) is 392 cm³/mol. The van der Waals surface area contributed by atoms with E-state index in [1.807, 2.05) is 48.5 Å². The third-order valence-electron chi connectivity index (χ3n) is 18.9. The zero-order valence-electron chi connectivity index (χ0n) is 60.5. The van der Waals surface area contributed by atoms with Crippen LogP contribution in [0.25, 0.3) is 21.8 Å². The van der Waals surface area contributed by atoms with E-state index in [9.17, 15) is 77.6 Å². The molecule has 1 aliphatic heterocycles. The molecule has 0 spiro atoms. The summed E-state index contributed by atoms with van der Waals surface area (Å²) in [6, 6.07) is 8.73. The number of nitrogens with zero attached hydrogens (tertiary/aromatic N) is 1. The molecule has 9 atom stereocenters. The Labute approximate surface area is 611 Å². The maximum absolute atomic E-state index is 14.8. The summed E-state index contributed by atoms with van der Waals surface area (Å²) >= 11 is 0. The fourth-order valence-corrected chi connectivity index (χ4v) is 12.6. The number of unbranched alkanes of at least 4 members (excludes halogenated alkanes) is 11. The number of hydrogen-bond acceptors (Lipinski definition) is 15. The van der Waals surface area contributed by atoms with Crippen LogP contribution in [-0.4, -0.2) is 188 Å². The Balaban J connectivity index is 1.13. The second-order valence-corrected chi connectivity index (χ2v) is 27.0. The number of phenolic OH excluding ortho intramolecular Hbond substituents is 1. The van der Waals surface area contributed by atoms with Gasteiger partial charge in [-0.3, -0.25) is 62.3 Å². The summed E-state index contributed by atoms with van der Waals surface area (Å²) in [6.45, 7) is 4.93. The lowest BCUT2D eigenvalue weighted by Gasteiger charge is -2.28. The quantitative estimate of drug-likeness (QED) is 0.0249. The highest BCUT2D eigenvalue weighted by atomic mass is 16.4. The smallest absolute Gasteiger partial charge is 0.305 e. The topological polar surface area (TPSA) is 464 Å². The molecule has 572 valence electrons. The van der Waals surface area contributed by atoms with Gasteiger partial charge in [-0.1, -0.05) is 140 Å². The van der Waals surface area contributed by atoms with E-state index in [1.54, 1.807) is 26.2 Å². The Morgan fingerprint density at radius 2 is 1.07 bits per heavy atom. The van der Waals surface area contributed by atoms with E-state index in [1.165, 1.54) is 74.6 Å². The Bertz CT molecular complexity index is 3750. The number of carbonyl (C=O) groups is 13.